The summed E-state index contributed by atoms with van der Waals surface area (Å²) in [6.07, 6.45) is 0.860. The first-order valence-electron chi connectivity index (χ1n) is 4.60. The van der Waals surface area contributed by atoms with Crippen molar-refractivity contribution in [1.82, 2.24) is 0 Å². The van der Waals surface area contributed by atoms with Crippen molar-refractivity contribution in [3.8, 4) is 0 Å². The van der Waals surface area contributed by atoms with Crippen molar-refractivity contribution >= 4 is 18.9 Å². The van der Waals surface area contributed by atoms with Crippen LogP contribution in [0.4, 0.5) is 0 Å². The third-order valence-electron chi connectivity index (χ3n) is 1.58. The van der Waals surface area contributed by atoms with Crippen LogP contribution in [0, 0.1) is 0 Å². The van der Waals surface area contributed by atoms with E-state index in [1.807, 2.05) is 6.92 Å². The van der Waals surface area contributed by atoms with Gasteiger partial charge in [-0.05, 0) is 6.42 Å². The van der Waals surface area contributed by atoms with Crippen molar-refractivity contribution in [3.05, 3.63) is 0 Å². The molecule has 1 aliphatic heterocycles. The number of hydrogen-bond donors (Lipinski definition) is 1. The molecule has 16 heavy (non-hydrogen) atoms. The molecule has 0 spiro atoms. The van der Waals surface area contributed by atoms with Gasteiger partial charge >= 0.3 is 37.8 Å². The predicted octanol–water partition coefficient (Wildman–Crippen LogP) is -4.04. The fourth-order valence-corrected chi connectivity index (χ4v) is 0.961. The maximum Gasteiger partial charge on any atom is 1.00 e. The van der Waals surface area contributed by atoms with Gasteiger partial charge in [-0.3, -0.25) is 0 Å². The molecule has 7 nitrogen and oxygen atoms in total. The van der Waals surface area contributed by atoms with Crippen LogP contribution in [0.25, 0.3) is 0 Å². The smallest absolute Gasteiger partial charge is 0.600 e. The van der Waals surface area contributed by atoms with Crippen molar-refractivity contribution in [2.75, 3.05) is 19.8 Å². The molecule has 1 rings (SSSR count). The van der Waals surface area contributed by atoms with Crippen molar-refractivity contribution < 1.29 is 52.2 Å². The van der Waals surface area contributed by atoms with Crippen LogP contribution >= 0.6 is 0 Å². The van der Waals surface area contributed by atoms with Crippen molar-refractivity contribution in [1.29, 1.82) is 0 Å². The quantitative estimate of drug-likeness (QED) is 0.280. The van der Waals surface area contributed by atoms with Crippen LogP contribution in [0.1, 0.15) is 13.3 Å². The molecule has 1 heterocycles. The first kappa shape index (κ1) is 15.5. The van der Waals surface area contributed by atoms with E-state index in [1.165, 1.54) is 0 Å². The summed E-state index contributed by atoms with van der Waals surface area (Å²) in [5.41, 5.74) is 0. The second-order valence-electron chi connectivity index (χ2n) is 2.90. The molecule has 1 N–H and O–H groups in total. The van der Waals surface area contributed by atoms with Crippen molar-refractivity contribution in [2.24, 2.45) is 0 Å². The largest absolute Gasteiger partial charge is 1.00 e. The molecule has 0 aliphatic carbocycles. The van der Waals surface area contributed by atoms with E-state index in [9.17, 15) is 14.6 Å². The maximum absolute atomic E-state index is 10.6. The van der Waals surface area contributed by atoms with E-state index in [-0.39, 0.29) is 32.1 Å². The molecular weight excluding hydrogens is 214 g/mol. The van der Waals surface area contributed by atoms with Gasteiger partial charge in [0.15, 0.2) is 0 Å². The van der Waals surface area contributed by atoms with Gasteiger partial charge in [0.05, 0.1) is 6.61 Å². The Kier molecular flexibility index (Phi) is 6.71. The fourth-order valence-electron chi connectivity index (χ4n) is 0.961. The molecule has 0 unspecified atom stereocenters. The van der Waals surface area contributed by atoms with Crippen LogP contribution < -0.4 is 18.9 Å². The molecule has 0 amide bonds. The summed E-state index contributed by atoms with van der Waals surface area (Å²) in [6, 6.07) is 0. The minimum absolute atomic E-state index is 0. The van der Waals surface area contributed by atoms with Gasteiger partial charge in [0.2, 0.25) is 0 Å². The normalized spacial score (nSPS) is 17.6. The van der Waals surface area contributed by atoms with Crippen molar-refractivity contribution in [2.45, 2.75) is 13.3 Å². The Labute approximate surface area is 105 Å². The summed E-state index contributed by atoms with van der Waals surface area (Å²) in [7, 11) is 0. The molecular formula is C7H12BLiO7. The topological polar surface area (TPSA) is 91.3 Å². The van der Waals surface area contributed by atoms with E-state index in [4.69, 9.17) is 4.74 Å². The van der Waals surface area contributed by atoms with Gasteiger partial charge in [-0.15, -0.1) is 0 Å². The summed E-state index contributed by atoms with van der Waals surface area (Å²) in [6.45, 7) is -0.558. The van der Waals surface area contributed by atoms with Gasteiger partial charge in [0.1, 0.15) is 0 Å². The van der Waals surface area contributed by atoms with Crippen molar-refractivity contribution in [3.63, 3.8) is 0 Å². The number of carbonyl (C=O) groups is 2. The zero-order valence-corrected chi connectivity index (χ0v) is 9.30. The molecule has 1 fully saturated rings. The number of carbonyl (C=O) groups excluding carboxylic acids is 2. The number of hydrogen-bond acceptors (Lipinski definition) is 7. The van der Waals surface area contributed by atoms with E-state index in [0.717, 1.165) is 6.42 Å². The van der Waals surface area contributed by atoms with Crippen LogP contribution in [0.15, 0.2) is 0 Å². The van der Waals surface area contributed by atoms with E-state index in [1.54, 1.807) is 0 Å². The van der Waals surface area contributed by atoms with Gasteiger partial charge < -0.3 is 23.7 Å². The van der Waals surface area contributed by atoms with Crippen LogP contribution in [-0.2, 0) is 28.3 Å². The maximum atomic E-state index is 10.6. The molecule has 0 aromatic rings. The number of ether oxygens (including phenoxy) is 1. The Morgan fingerprint density at radius 2 is 1.75 bits per heavy atom. The summed E-state index contributed by atoms with van der Waals surface area (Å²) in [5, 5.41) is 9.29. The summed E-state index contributed by atoms with van der Waals surface area (Å²) < 4.78 is 18.1. The second-order valence-corrected chi connectivity index (χ2v) is 2.90. The van der Waals surface area contributed by atoms with Gasteiger partial charge in [-0.25, -0.2) is 9.59 Å². The third-order valence-corrected chi connectivity index (χ3v) is 1.58. The third kappa shape index (κ3) is 4.55. The predicted molar refractivity (Wildman–Crippen MR) is 47.2 cm³/mol. The Morgan fingerprint density at radius 3 is 2.25 bits per heavy atom. The molecule has 1 aliphatic rings. The molecule has 86 valence electrons. The Balaban J connectivity index is 0.00000225. The molecule has 0 saturated carbocycles. The molecule has 0 atom stereocenters. The van der Waals surface area contributed by atoms with E-state index >= 15 is 0 Å². The van der Waals surface area contributed by atoms with E-state index < -0.39 is 18.9 Å². The fraction of sp³-hybridized carbons (Fsp3) is 0.714. The van der Waals surface area contributed by atoms with Crippen LogP contribution in [-0.4, -0.2) is 43.7 Å². The standard InChI is InChI=1S/C7H12BO7.Li/c1-2-3-12-4-5-13-8(11)14-6(9)7(10)15-8;/h11H,2-5H2,1H3;/q-1;+1. The van der Waals surface area contributed by atoms with Crippen LogP contribution in [0.5, 0.6) is 0 Å². The molecule has 1 saturated heterocycles. The van der Waals surface area contributed by atoms with Gasteiger partial charge in [0, 0.05) is 13.2 Å². The average molecular weight is 226 g/mol. The van der Waals surface area contributed by atoms with Crippen LogP contribution in [0.3, 0.4) is 0 Å². The minimum Gasteiger partial charge on any atom is -0.600 e. The molecule has 0 aromatic heterocycles. The average Bonchev–Trinajstić information content (AvgIpc) is 2.41. The second kappa shape index (κ2) is 6.94. The molecule has 9 heteroatoms. The number of rotatable bonds is 6. The van der Waals surface area contributed by atoms with Gasteiger partial charge in [-0.1, -0.05) is 6.92 Å². The van der Waals surface area contributed by atoms with Gasteiger partial charge in [-0.2, -0.15) is 0 Å². The SMILES string of the molecule is CCCOCCO[B-]1(O)OC(=O)C(=O)O1.[Li+]. The van der Waals surface area contributed by atoms with E-state index in [2.05, 4.69) is 14.0 Å². The first-order valence-corrected chi connectivity index (χ1v) is 4.60. The van der Waals surface area contributed by atoms with E-state index in [0.29, 0.717) is 6.61 Å². The first-order chi connectivity index (χ1) is 7.07. The Morgan fingerprint density at radius 1 is 1.19 bits per heavy atom. The Bertz CT molecular complexity index is 243. The molecule has 0 aromatic carbocycles. The summed E-state index contributed by atoms with van der Waals surface area (Å²) in [4.78, 5) is 21.1. The van der Waals surface area contributed by atoms with Gasteiger partial charge in [0.25, 0.3) is 0 Å². The zero-order chi connectivity index (χ0) is 11.3. The molecule has 0 radical (unpaired) electrons. The van der Waals surface area contributed by atoms with Crippen LogP contribution in [0.2, 0.25) is 0 Å². The summed E-state index contributed by atoms with van der Waals surface area (Å²) >= 11 is 0. The molecule has 0 bridgehead atoms. The Hall–Kier alpha value is -0.518. The zero-order valence-electron chi connectivity index (χ0n) is 9.30. The summed E-state index contributed by atoms with van der Waals surface area (Å²) in [5.74, 6) is -2.51. The monoisotopic (exact) mass is 226 g/mol. The minimum atomic E-state index is -3.25.